The first-order valence-electron chi connectivity index (χ1n) is 10.4. The molecular weight excluding hydrogens is 420 g/mol. The molecule has 1 aliphatic heterocycles. The van der Waals surface area contributed by atoms with Crippen LogP contribution in [-0.2, 0) is 0 Å². The van der Waals surface area contributed by atoms with E-state index in [0.29, 0.717) is 29.6 Å². The average Bonchev–Trinajstić information content (AvgIpc) is 3.52. The van der Waals surface area contributed by atoms with Crippen molar-refractivity contribution in [2.75, 3.05) is 19.2 Å². The topological polar surface area (TPSA) is 93.2 Å². The Morgan fingerprint density at radius 2 is 1.64 bits per heavy atom. The van der Waals surface area contributed by atoms with Gasteiger partial charge in [-0.15, -0.1) is 0 Å². The number of methoxy groups -OCH3 is 2. The summed E-state index contributed by atoms with van der Waals surface area (Å²) in [6.07, 6.45) is 0.588. The lowest BCUT2D eigenvalue weighted by Gasteiger charge is -2.20. The van der Waals surface area contributed by atoms with E-state index in [1.807, 2.05) is 53.5 Å². The summed E-state index contributed by atoms with van der Waals surface area (Å²) in [5.74, 6) is 2.34. The van der Waals surface area contributed by atoms with Gasteiger partial charge in [0.25, 0.3) is 5.89 Å². The Morgan fingerprint density at radius 3 is 2.36 bits per heavy atom. The number of rotatable bonds is 6. The van der Waals surface area contributed by atoms with Crippen LogP contribution in [0.15, 0.2) is 82.4 Å². The van der Waals surface area contributed by atoms with Crippen LogP contribution in [0.1, 0.15) is 23.9 Å². The summed E-state index contributed by atoms with van der Waals surface area (Å²) < 4.78 is 16.3. The number of phenolic OH excluding ortho intramolecular Hbond substituents is 1. The molecule has 1 atom stereocenters. The van der Waals surface area contributed by atoms with Crippen molar-refractivity contribution in [2.24, 2.45) is 5.10 Å². The molecule has 2 heterocycles. The molecule has 1 aromatic heterocycles. The second-order valence-electron chi connectivity index (χ2n) is 7.52. The van der Waals surface area contributed by atoms with Gasteiger partial charge in [0.05, 0.1) is 25.6 Å². The SMILES string of the molecule is COc1ccc(-c2nc(C3CC(c4ccc(O)cc4)=NN3c3ccccc3)no2)cc1OC. The van der Waals surface area contributed by atoms with Gasteiger partial charge in [-0.05, 0) is 60.2 Å². The normalized spacial score (nSPS) is 15.4. The third kappa shape index (κ3) is 3.98. The van der Waals surface area contributed by atoms with Crippen LogP contribution >= 0.6 is 0 Å². The van der Waals surface area contributed by atoms with Crippen LogP contribution in [0.5, 0.6) is 17.2 Å². The van der Waals surface area contributed by atoms with Crippen molar-refractivity contribution >= 4 is 11.4 Å². The Bertz CT molecular complexity index is 1290. The predicted octanol–water partition coefficient (Wildman–Crippen LogP) is 4.82. The highest BCUT2D eigenvalue weighted by Gasteiger charge is 2.33. The monoisotopic (exact) mass is 442 g/mol. The number of ether oxygens (including phenoxy) is 2. The van der Waals surface area contributed by atoms with E-state index in [-0.39, 0.29) is 11.8 Å². The van der Waals surface area contributed by atoms with Crippen molar-refractivity contribution in [2.45, 2.75) is 12.5 Å². The van der Waals surface area contributed by atoms with Gasteiger partial charge in [-0.25, -0.2) is 0 Å². The Kier molecular flexibility index (Phi) is 5.40. The van der Waals surface area contributed by atoms with E-state index in [9.17, 15) is 5.11 Å². The molecular formula is C25H22N4O4. The molecule has 0 radical (unpaired) electrons. The van der Waals surface area contributed by atoms with Gasteiger partial charge in [-0.1, -0.05) is 23.4 Å². The number of hydrogen-bond acceptors (Lipinski definition) is 8. The fraction of sp³-hybridized carbons (Fsp3) is 0.160. The lowest BCUT2D eigenvalue weighted by Crippen LogP contribution is -2.19. The quantitative estimate of drug-likeness (QED) is 0.458. The van der Waals surface area contributed by atoms with Gasteiger partial charge in [0.1, 0.15) is 11.8 Å². The van der Waals surface area contributed by atoms with Gasteiger partial charge >= 0.3 is 0 Å². The molecule has 166 valence electrons. The number of para-hydroxylation sites is 1. The third-order valence-corrected chi connectivity index (χ3v) is 5.50. The van der Waals surface area contributed by atoms with Crippen LogP contribution in [0.3, 0.4) is 0 Å². The molecule has 8 nitrogen and oxygen atoms in total. The van der Waals surface area contributed by atoms with Crippen molar-refractivity contribution in [1.29, 1.82) is 0 Å². The molecule has 1 N–H and O–H groups in total. The van der Waals surface area contributed by atoms with Crippen LogP contribution in [0.25, 0.3) is 11.5 Å². The van der Waals surface area contributed by atoms with Crippen LogP contribution < -0.4 is 14.5 Å². The van der Waals surface area contributed by atoms with E-state index < -0.39 is 0 Å². The van der Waals surface area contributed by atoms with Crippen molar-refractivity contribution < 1.29 is 19.1 Å². The van der Waals surface area contributed by atoms with Crippen molar-refractivity contribution in [3.8, 4) is 28.7 Å². The summed E-state index contributed by atoms with van der Waals surface area (Å²) in [4.78, 5) is 4.68. The fourth-order valence-electron chi connectivity index (χ4n) is 3.82. The Labute approximate surface area is 190 Å². The molecule has 1 unspecified atom stereocenters. The first-order valence-corrected chi connectivity index (χ1v) is 10.4. The summed E-state index contributed by atoms with van der Waals surface area (Å²) in [7, 11) is 3.17. The molecule has 5 rings (SSSR count). The summed E-state index contributed by atoms with van der Waals surface area (Å²) in [6, 6.07) is 22.1. The molecule has 0 amide bonds. The Hall–Kier alpha value is -4.33. The summed E-state index contributed by atoms with van der Waals surface area (Å²) >= 11 is 0. The lowest BCUT2D eigenvalue weighted by molar-refractivity contribution is 0.354. The maximum Gasteiger partial charge on any atom is 0.258 e. The Morgan fingerprint density at radius 1 is 0.909 bits per heavy atom. The highest BCUT2D eigenvalue weighted by molar-refractivity contribution is 6.03. The van der Waals surface area contributed by atoms with E-state index in [4.69, 9.17) is 19.1 Å². The van der Waals surface area contributed by atoms with Gasteiger partial charge in [0.2, 0.25) is 0 Å². The largest absolute Gasteiger partial charge is 0.508 e. The zero-order valence-electron chi connectivity index (χ0n) is 18.2. The van der Waals surface area contributed by atoms with E-state index >= 15 is 0 Å². The number of hydrazone groups is 1. The van der Waals surface area contributed by atoms with Gasteiger partial charge in [0, 0.05) is 12.0 Å². The standard InChI is InChI=1S/C25H22N4O4/c1-31-22-13-10-17(14-23(22)32-2)25-26-24(28-33-25)21-15-20(16-8-11-19(30)12-9-16)27-29(21)18-6-4-3-5-7-18/h3-14,21,30H,15H2,1-2H3. The number of aromatic hydroxyl groups is 1. The molecule has 0 saturated carbocycles. The average molecular weight is 442 g/mol. The number of aromatic nitrogens is 2. The van der Waals surface area contributed by atoms with E-state index in [1.165, 1.54) is 0 Å². The van der Waals surface area contributed by atoms with Gasteiger partial charge in [0.15, 0.2) is 17.3 Å². The minimum absolute atomic E-state index is 0.214. The highest BCUT2D eigenvalue weighted by atomic mass is 16.5. The van der Waals surface area contributed by atoms with Crippen LogP contribution in [0.2, 0.25) is 0 Å². The van der Waals surface area contributed by atoms with Crippen molar-refractivity contribution in [3.63, 3.8) is 0 Å². The number of nitrogens with zero attached hydrogens (tertiary/aromatic N) is 4. The molecule has 33 heavy (non-hydrogen) atoms. The van der Waals surface area contributed by atoms with Gasteiger partial charge < -0.3 is 19.1 Å². The number of phenols is 1. The second kappa shape index (κ2) is 8.66. The predicted molar refractivity (Wildman–Crippen MR) is 124 cm³/mol. The first-order chi connectivity index (χ1) is 16.2. The smallest absolute Gasteiger partial charge is 0.258 e. The summed E-state index contributed by atoms with van der Waals surface area (Å²) in [5.41, 5.74) is 3.46. The minimum Gasteiger partial charge on any atom is -0.508 e. The second-order valence-corrected chi connectivity index (χ2v) is 7.52. The zero-order valence-corrected chi connectivity index (χ0v) is 18.2. The number of anilines is 1. The molecule has 0 saturated heterocycles. The molecule has 0 bridgehead atoms. The molecule has 4 aromatic rings. The molecule has 8 heteroatoms. The summed E-state index contributed by atoms with van der Waals surface area (Å²) in [6.45, 7) is 0. The van der Waals surface area contributed by atoms with Crippen LogP contribution in [0.4, 0.5) is 5.69 Å². The van der Waals surface area contributed by atoms with Crippen LogP contribution in [-0.4, -0.2) is 35.2 Å². The van der Waals surface area contributed by atoms with Gasteiger partial charge in [-0.2, -0.15) is 10.1 Å². The lowest BCUT2D eigenvalue weighted by atomic mass is 10.0. The molecule has 0 fully saturated rings. The van der Waals surface area contributed by atoms with E-state index in [0.717, 1.165) is 22.5 Å². The first kappa shape index (κ1) is 20.6. The zero-order chi connectivity index (χ0) is 22.8. The maximum absolute atomic E-state index is 9.64. The van der Waals surface area contributed by atoms with Crippen molar-refractivity contribution in [1.82, 2.24) is 10.1 Å². The third-order valence-electron chi connectivity index (χ3n) is 5.50. The molecule has 1 aliphatic rings. The molecule has 0 aliphatic carbocycles. The number of hydrogen-bond donors (Lipinski definition) is 1. The minimum atomic E-state index is -0.242. The van der Waals surface area contributed by atoms with E-state index in [2.05, 4.69) is 10.1 Å². The molecule has 0 spiro atoms. The maximum atomic E-state index is 9.64. The van der Waals surface area contributed by atoms with E-state index in [1.54, 1.807) is 38.5 Å². The number of benzene rings is 3. The molecule has 3 aromatic carbocycles. The van der Waals surface area contributed by atoms with Crippen LogP contribution in [0, 0.1) is 0 Å². The summed E-state index contributed by atoms with van der Waals surface area (Å²) in [5, 5.41) is 20.7. The van der Waals surface area contributed by atoms with Crippen molar-refractivity contribution in [3.05, 3.63) is 84.2 Å². The fourth-order valence-corrected chi connectivity index (χ4v) is 3.82. The Balaban J connectivity index is 1.49. The van der Waals surface area contributed by atoms with Gasteiger partial charge in [-0.3, -0.25) is 5.01 Å². The highest BCUT2D eigenvalue weighted by Crippen LogP contribution is 2.37.